The van der Waals surface area contributed by atoms with Crippen molar-refractivity contribution in [2.45, 2.75) is 11.8 Å². The Bertz CT molecular complexity index is 1230. The molecule has 0 spiro atoms. The van der Waals surface area contributed by atoms with Gasteiger partial charge in [0.1, 0.15) is 23.2 Å². The molecular formula is C21H18N2O4S. The second-order valence-corrected chi connectivity index (χ2v) is 8.52. The SMILES string of the molecule is COc1ccccc1-c1cc(-c2cccc([S+](C)(=O)[O-])c2)c2onc(C)c2n1. The van der Waals surface area contributed by atoms with Crippen LogP contribution < -0.4 is 4.74 Å². The lowest BCUT2D eigenvalue weighted by molar-refractivity contribution is 0.416. The topological polar surface area (TPSA) is 88.3 Å². The van der Waals surface area contributed by atoms with Crippen LogP contribution in [-0.4, -0.2) is 28.1 Å². The first-order chi connectivity index (χ1) is 13.4. The highest BCUT2D eigenvalue weighted by molar-refractivity contribution is 7.97. The van der Waals surface area contributed by atoms with E-state index in [4.69, 9.17) is 14.2 Å². The molecule has 6 nitrogen and oxygen atoms in total. The number of nitrogens with zero attached hydrogens (tertiary/aromatic N) is 2. The Hall–Kier alpha value is -3.03. The number of ether oxygens (including phenoxy) is 1. The average Bonchev–Trinajstić information content (AvgIpc) is 3.07. The number of rotatable bonds is 4. The van der Waals surface area contributed by atoms with Crippen molar-refractivity contribution >= 4 is 21.3 Å². The molecule has 0 aliphatic rings. The number of pyridine rings is 1. The predicted octanol–water partition coefficient (Wildman–Crippen LogP) is 4.49. The predicted molar refractivity (Wildman–Crippen MR) is 107 cm³/mol. The van der Waals surface area contributed by atoms with E-state index in [0.717, 1.165) is 11.1 Å². The zero-order chi connectivity index (χ0) is 19.9. The number of hydrogen-bond acceptors (Lipinski definition) is 6. The number of para-hydroxylation sites is 1. The fraction of sp³-hybridized carbons (Fsp3) is 0.143. The minimum absolute atomic E-state index is 0.241. The minimum Gasteiger partial charge on any atom is -0.610 e. The fourth-order valence-corrected chi connectivity index (χ4v) is 3.80. The van der Waals surface area contributed by atoms with Crippen molar-refractivity contribution in [1.82, 2.24) is 10.1 Å². The molecule has 0 N–H and O–H groups in total. The number of benzene rings is 2. The third-order valence-corrected chi connectivity index (χ3v) is 5.66. The number of fused-ring (bicyclic) bond motifs is 1. The molecule has 0 fully saturated rings. The summed E-state index contributed by atoms with van der Waals surface area (Å²) in [6.45, 7) is 1.82. The van der Waals surface area contributed by atoms with E-state index in [2.05, 4.69) is 5.16 Å². The lowest BCUT2D eigenvalue weighted by Crippen LogP contribution is -2.06. The average molecular weight is 394 g/mol. The second-order valence-electron chi connectivity index (χ2n) is 6.50. The van der Waals surface area contributed by atoms with Gasteiger partial charge >= 0.3 is 0 Å². The molecule has 0 amide bonds. The maximum atomic E-state index is 12.0. The van der Waals surface area contributed by atoms with Gasteiger partial charge in [-0.2, -0.15) is 0 Å². The standard InChI is InChI=1S/C21H18N2O4S/c1-13-20-21(27-23-13)17(14-7-6-8-15(11-14)28(3,24)25)12-18(22-20)16-9-4-5-10-19(16)26-2/h4-12H,1-3H3. The van der Waals surface area contributed by atoms with Gasteiger partial charge < -0.3 is 13.8 Å². The van der Waals surface area contributed by atoms with Crippen LogP contribution in [0.25, 0.3) is 33.5 Å². The monoisotopic (exact) mass is 394 g/mol. The van der Waals surface area contributed by atoms with Crippen molar-refractivity contribution in [2.24, 2.45) is 0 Å². The molecule has 2 heterocycles. The summed E-state index contributed by atoms with van der Waals surface area (Å²) < 4.78 is 35.0. The maximum absolute atomic E-state index is 12.0. The smallest absolute Gasteiger partial charge is 0.193 e. The van der Waals surface area contributed by atoms with E-state index in [9.17, 15) is 8.76 Å². The van der Waals surface area contributed by atoms with Gasteiger partial charge in [-0.1, -0.05) is 29.4 Å². The number of aryl methyl sites for hydroxylation is 1. The van der Waals surface area contributed by atoms with E-state index in [0.29, 0.717) is 33.8 Å². The highest BCUT2D eigenvalue weighted by atomic mass is 32.3. The third-order valence-electron chi connectivity index (χ3n) is 4.55. The van der Waals surface area contributed by atoms with Crippen LogP contribution in [0.1, 0.15) is 5.69 Å². The van der Waals surface area contributed by atoms with Crippen molar-refractivity contribution < 1.29 is 18.0 Å². The summed E-state index contributed by atoms with van der Waals surface area (Å²) in [5.74, 6) is 0.694. The van der Waals surface area contributed by atoms with Gasteiger partial charge in [0, 0.05) is 17.2 Å². The van der Waals surface area contributed by atoms with E-state index in [1.54, 1.807) is 25.3 Å². The molecule has 2 aromatic heterocycles. The van der Waals surface area contributed by atoms with Gasteiger partial charge in [0.15, 0.2) is 10.5 Å². The van der Waals surface area contributed by atoms with Crippen LogP contribution in [0.2, 0.25) is 0 Å². The van der Waals surface area contributed by atoms with Crippen molar-refractivity contribution in [2.75, 3.05) is 13.4 Å². The Labute approximate surface area is 163 Å². The van der Waals surface area contributed by atoms with E-state index in [-0.39, 0.29) is 4.90 Å². The molecule has 1 unspecified atom stereocenters. The minimum atomic E-state index is -3.34. The molecule has 4 aromatic rings. The normalized spacial score (nSPS) is 13.4. The maximum Gasteiger partial charge on any atom is 0.193 e. The molecule has 4 rings (SSSR count). The first-order valence-corrected chi connectivity index (χ1v) is 10.5. The third kappa shape index (κ3) is 3.19. The van der Waals surface area contributed by atoms with Crippen molar-refractivity contribution in [3.05, 3.63) is 60.3 Å². The molecule has 1 atom stereocenters. The molecule has 0 bridgehead atoms. The van der Waals surface area contributed by atoms with Crippen molar-refractivity contribution in [3.8, 4) is 28.1 Å². The highest BCUT2D eigenvalue weighted by Gasteiger charge is 2.19. The van der Waals surface area contributed by atoms with Gasteiger partial charge in [0.05, 0.1) is 23.0 Å². The number of methoxy groups -OCH3 is 1. The van der Waals surface area contributed by atoms with Crippen LogP contribution in [0, 0.1) is 6.92 Å². The van der Waals surface area contributed by atoms with Gasteiger partial charge in [-0.3, -0.25) is 0 Å². The fourth-order valence-electron chi connectivity index (χ4n) is 3.13. The van der Waals surface area contributed by atoms with Crippen LogP contribution in [0.15, 0.2) is 64.0 Å². The summed E-state index contributed by atoms with van der Waals surface area (Å²) in [5, 5.41) is 4.04. The van der Waals surface area contributed by atoms with Crippen molar-refractivity contribution in [1.29, 1.82) is 0 Å². The van der Waals surface area contributed by atoms with E-state index in [1.807, 2.05) is 43.3 Å². The van der Waals surface area contributed by atoms with E-state index >= 15 is 0 Å². The number of aromatic nitrogens is 2. The van der Waals surface area contributed by atoms with Gasteiger partial charge in [-0.25, -0.2) is 4.98 Å². The zero-order valence-corrected chi connectivity index (χ0v) is 16.4. The first kappa shape index (κ1) is 18.3. The largest absolute Gasteiger partial charge is 0.610 e. The Balaban J connectivity index is 2.00. The first-order valence-electron chi connectivity index (χ1n) is 8.59. The molecule has 0 aliphatic carbocycles. The molecule has 0 aliphatic heterocycles. The summed E-state index contributed by atoms with van der Waals surface area (Å²) in [4.78, 5) is 4.96. The zero-order valence-electron chi connectivity index (χ0n) is 15.6. The number of sulfone groups is 1. The Morgan fingerprint density at radius 3 is 2.61 bits per heavy atom. The molecular weight excluding hydrogens is 376 g/mol. The van der Waals surface area contributed by atoms with Gasteiger partial charge in [-0.15, -0.1) is 4.21 Å². The summed E-state index contributed by atoms with van der Waals surface area (Å²) in [6.07, 6.45) is 1.19. The Morgan fingerprint density at radius 2 is 1.86 bits per heavy atom. The molecule has 7 heteroatoms. The quantitative estimate of drug-likeness (QED) is 0.474. The van der Waals surface area contributed by atoms with Gasteiger partial charge in [0.25, 0.3) is 0 Å². The van der Waals surface area contributed by atoms with Crippen LogP contribution >= 0.6 is 0 Å². The summed E-state index contributed by atoms with van der Waals surface area (Å²) >= 11 is 0. The Morgan fingerprint density at radius 1 is 1.07 bits per heavy atom. The number of hydrogen-bond donors (Lipinski definition) is 0. The van der Waals surface area contributed by atoms with Crippen LogP contribution in [0.4, 0.5) is 0 Å². The van der Waals surface area contributed by atoms with Gasteiger partial charge in [-0.05, 0) is 36.8 Å². The molecule has 0 saturated heterocycles. The van der Waals surface area contributed by atoms with Crippen LogP contribution in [0.5, 0.6) is 5.75 Å². The molecule has 0 radical (unpaired) electrons. The Kier molecular flexibility index (Phi) is 4.49. The lowest BCUT2D eigenvalue weighted by atomic mass is 10.0. The summed E-state index contributed by atoms with van der Waals surface area (Å²) in [7, 11) is -1.73. The molecule has 2 aromatic carbocycles. The van der Waals surface area contributed by atoms with E-state index in [1.165, 1.54) is 6.26 Å². The summed E-state index contributed by atoms with van der Waals surface area (Å²) in [6, 6.07) is 16.2. The lowest BCUT2D eigenvalue weighted by Gasteiger charge is -2.12. The van der Waals surface area contributed by atoms with Gasteiger partial charge in [0.2, 0.25) is 0 Å². The van der Waals surface area contributed by atoms with Crippen molar-refractivity contribution in [3.63, 3.8) is 0 Å². The highest BCUT2D eigenvalue weighted by Crippen LogP contribution is 2.36. The summed E-state index contributed by atoms with van der Waals surface area (Å²) in [5.41, 5.74) is 4.75. The van der Waals surface area contributed by atoms with Crippen LogP contribution in [-0.2, 0) is 14.4 Å². The molecule has 142 valence electrons. The molecule has 28 heavy (non-hydrogen) atoms. The van der Waals surface area contributed by atoms with E-state index < -0.39 is 10.2 Å². The van der Waals surface area contributed by atoms with Crippen LogP contribution in [0.3, 0.4) is 0 Å². The second kappa shape index (κ2) is 6.85. The molecule has 0 saturated carbocycles.